The maximum atomic E-state index is 10.7. The van der Waals surface area contributed by atoms with Crippen LogP contribution in [0.15, 0.2) is 60.7 Å². The van der Waals surface area contributed by atoms with Crippen molar-refractivity contribution in [2.24, 2.45) is 0 Å². The van der Waals surface area contributed by atoms with Crippen LogP contribution in [0.4, 0.5) is 0 Å². The van der Waals surface area contributed by atoms with Crippen molar-refractivity contribution in [3.63, 3.8) is 0 Å². The zero-order valence-electron chi connectivity index (χ0n) is 40.8. The van der Waals surface area contributed by atoms with Crippen LogP contribution < -0.4 is 10.2 Å². The van der Waals surface area contributed by atoms with Gasteiger partial charge in [-0.3, -0.25) is 9.59 Å². The molecule has 0 amide bonds. The summed E-state index contributed by atoms with van der Waals surface area (Å²) >= 11 is 0. The first-order valence-corrected chi connectivity index (χ1v) is 25.1. The minimum atomic E-state index is -0.964. The van der Waals surface area contributed by atoms with Gasteiger partial charge >= 0.3 is 60.8 Å². The molecule has 0 N–H and O–H groups in total. The molecule has 65 heavy (non-hydrogen) atoms. The predicted molar refractivity (Wildman–Crippen MR) is 258 cm³/mol. The normalized spacial score (nSPS) is 11.7. The Bertz CT molecular complexity index is 1290. The van der Waals surface area contributed by atoms with E-state index in [1.54, 1.807) is 0 Å². The van der Waals surface area contributed by atoms with E-state index in [-0.39, 0.29) is 85.9 Å². The molecule has 364 valence electrons. The van der Waals surface area contributed by atoms with Gasteiger partial charge in [0.2, 0.25) is 0 Å². The molecule has 2 unspecified atom stereocenters. The van der Waals surface area contributed by atoms with Gasteiger partial charge in [-0.25, -0.2) is 0 Å². The van der Waals surface area contributed by atoms with Crippen molar-refractivity contribution in [3.8, 4) is 0 Å². The Balaban J connectivity index is 0.00000124. The third-order valence-electron chi connectivity index (χ3n) is 11.4. The van der Waals surface area contributed by atoms with E-state index in [1.165, 1.54) is 115 Å². The quantitative estimate of drug-likeness (QED) is 0.0357. The summed E-state index contributed by atoms with van der Waals surface area (Å²) in [5.74, 6) is -2.30. The number of hydrogen-bond acceptors (Lipinski definition) is 10. The van der Waals surface area contributed by atoms with Crippen LogP contribution in [0.1, 0.15) is 218 Å². The van der Waals surface area contributed by atoms with Crippen LogP contribution in [0.25, 0.3) is 0 Å². The van der Waals surface area contributed by atoms with Crippen LogP contribution in [0.3, 0.4) is 0 Å². The summed E-state index contributed by atoms with van der Waals surface area (Å²) in [6.45, 7) is 5.26. The maximum Gasteiger partial charge on any atom is 2.00 e. The molecule has 0 aliphatic rings. The molecule has 0 spiro atoms. The molecule has 0 aliphatic carbocycles. The average Bonchev–Trinajstić information content (AvgIpc) is 3.28. The zero-order chi connectivity index (χ0) is 46.6. The van der Waals surface area contributed by atoms with Crippen LogP contribution in [0.2, 0.25) is 0 Å². The molecule has 2 aromatic rings. The number of benzene rings is 2. The number of rotatable bonds is 42. The molecule has 0 aromatic heterocycles. The number of aliphatic carboxylic acids is 2. The van der Waals surface area contributed by atoms with Crippen LogP contribution in [0, 0.1) is 0 Å². The number of carbonyl (C=O) groups is 4. The van der Waals surface area contributed by atoms with E-state index in [1.807, 2.05) is 36.4 Å². The Hall–Kier alpha value is -2.19. The molecule has 0 aliphatic heterocycles. The van der Waals surface area contributed by atoms with E-state index >= 15 is 0 Å². The van der Waals surface area contributed by atoms with Gasteiger partial charge in [0, 0.05) is 25.8 Å². The molecule has 10 nitrogen and oxygen atoms in total. The molecule has 2 atom stereocenters. The molecule has 0 saturated heterocycles. The van der Waals surface area contributed by atoms with Gasteiger partial charge in [-0.15, -0.1) is 0 Å². The van der Waals surface area contributed by atoms with Gasteiger partial charge in [0.15, 0.2) is 0 Å². The first-order valence-electron chi connectivity index (χ1n) is 25.1. The third-order valence-corrected chi connectivity index (χ3v) is 11.4. The second-order valence-electron chi connectivity index (χ2n) is 17.4. The topological polar surface area (TPSA) is 151 Å². The van der Waals surface area contributed by atoms with Crippen molar-refractivity contribution in [2.75, 3.05) is 13.2 Å². The standard InChI is InChI=1S/2C27H44O5.Ba/c2*1-24(28)31-22-16-9-7-5-3-2-4-6-8-13-19-26(20-14-15-21-27(29)30)32-23-25-17-11-10-12-18-25;/h2*10-12,17-18,26H,2-9,13-16,19-23H2,1H3,(H,29,30);/q;;+2/p-2. The molecular formula is C54H86BaO10. The van der Waals surface area contributed by atoms with Gasteiger partial charge in [0.1, 0.15) is 0 Å². The van der Waals surface area contributed by atoms with Crippen molar-refractivity contribution in [1.82, 2.24) is 0 Å². The number of ether oxygens (including phenoxy) is 4. The second kappa shape index (κ2) is 46.9. The van der Waals surface area contributed by atoms with Gasteiger partial charge in [-0.05, 0) is 75.3 Å². The van der Waals surface area contributed by atoms with Crippen molar-refractivity contribution in [2.45, 2.75) is 232 Å². The fraction of sp³-hybridized carbons (Fsp3) is 0.704. The number of carboxylic acids is 2. The Labute approximate surface area is 434 Å². The van der Waals surface area contributed by atoms with E-state index in [4.69, 9.17) is 18.9 Å². The average molecular weight is 1030 g/mol. The maximum absolute atomic E-state index is 10.7. The zero-order valence-corrected chi connectivity index (χ0v) is 45.2. The molecule has 2 aromatic carbocycles. The summed E-state index contributed by atoms with van der Waals surface area (Å²) in [5.41, 5.74) is 2.36. The van der Waals surface area contributed by atoms with E-state index in [9.17, 15) is 29.4 Å². The van der Waals surface area contributed by atoms with E-state index < -0.39 is 11.9 Å². The minimum Gasteiger partial charge on any atom is -0.550 e. The second-order valence-corrected chi connectivity index (χ2v) is 17.4. The number of carbonyl (C=O) groups excluding carboxylic acids is 4. The van der Waals surface area contributed by atoms with Crippen molar-refractivity contribution in [3.05, 3.63) is 71.8 Å². The van der Waals surface area contributed by atoms with Crippen molar-refractivity contribution < 1.29 is 48.3 Å². The van der Waals surface area contributed by atoms with Gasteiger partial charge in [-0.1, -0.05) is 189 Å². The molecule has 0 saturated carbocycles. The molecule has 11 heteroatoms. The van der Waals surface area contributed by atoms with Gasteiger partial charge < -0.3 is 38.7 Å². The SMILES string of the molecule is CC(=O)OCCCCCCCCCCCCC(CCCCC(=O)[O-])OCc1ccccc1.CC(=O)OCCCCCCCCCCCCC(CCCCC(=O)[O-])OCc1ccccc1.[Ba+2]. The minimum absolute atomic E-state index is 0. The fourth-order valence-electron chi connectivity index (χ4n) is 7.69. The van der Waals surface area contributed by atoms with Gasteiger partial charge in [-0.2, -0.15) is 0 Å². The number of hydrogen-bond donors (Lipinski definition) is 0. The van der Waals surface area contributed by atoms with Crippen LogP contribution in [-0.2, 0) is 51.3 Å². The summed E-state index contributed by atoms with van der Waals surface area (Å²) < 4.78 is 22.2. The van der Waals surface area contributed by atoms with E-state index in [2.05, 4.69) is 24.3 Å². The number of unbranched alkanes of at least 4 members (excludes halogenated alkanes) is 20. The first kappa shape index (κ1) is 62.8. The summed E-state index contributed by atoms with van der Waals surface area (Å²) in [5, 5.41) is 21.2. The fourth-order valence-corrected chi connectivity index (χ4v) is 7.69. The van der Waals surface area contributed by atoms with Crippen LogP contribution in [0.5, 0.6) is 0 Å². The first-order chi connectivity index (χ1) is 31.2. The van der Waals surface area contributed by atoms with Crippen LogP contribution >= 0.6 is 0 Å². The molecule has 0 bridgehead atoms. The van der Waals surface area contributed by atoms with Crippen molar-refractivity contribution >= 4 is 72.8 Å². The van der Waals surface area contributed by atoms with Gasteiger partial charge in [0.25, 0.3) is 0 Å². The molecule has 0 heterocycles. The summed E-state index contributed by atoms with van der Waals surface area (Å²) in [7, 11) is 0. The monoisotopic (exact) mass is 1030 g/mol. The summed E-state index contributed by atoms with van der Waals surface area (Å²) in [6.07, 6.45) is 31.9. The summed E-state index contributed by atoms with van der Waals surface area (Å²) in [6, 6.07) is 20.4. The van der Waals surface area contributed by atoms with Gasteiger partial charge in [0.05, 0.1) is 38.6 Å². The van der Waals surface area contributed by atoms with Crippen LogP contribution in [-0.4, -0.2) is 98.2 Å². The third kappa shape index (κ3) is 45.4. The molecular weight excluding hydrogens is 946 g/mol. The predicted octanol–water partition coefficient (Wildman–Crippen LogP) is 11.1. The van der Waals surface area contributed by atoms with E-state index in [0.717, 1.165) is 77.0 Å². The Morgan fingerprint density at radius 3 is 0.938 bits per heavy atom. The largest absolute Gasteiger partial charge is 2.00 e. The molecule has 0 radical (unpaired) electrons. The van der Waals surface area contributed by atoms with Crippen molar-refractivity contribution in [1.29, 1.82) is 0 Å². The molecule has 2 rings (SSSR count). The Kier molecular flexibility index (Phi) is 45.3. The summed E-state index contributed by atoms with van der Waals surface area (Å²) in [4.78, 5) is 42.6. The molecule has 0 fully saturated rings. The number of esters is 2. The number of carboxylic acid groups (broad SMARTS) is 2. The Morgan fingerprint density at radius 1 is 0.400 bits per heavy atom. The Morgan fingerprint density at radius 2 is 0.662 bits per heavy atom. The smallest absolute Gasteiger partial charge is 0.550 e. The van der Waals surface area contributed by atoms with E-state index in [0.29, 0.717) is 39.3 Å².